The summed E-state index contributed by atoms with van der Waals surface area (Å²) in [4.78, 5) is 21.6. The minimum atomic E-state index is -1.03. The molecule has 3 aromatic rings. The van der Waals surface area contributed by atoms with Gasteiger partial charge in [-0.2, -0.15) is 0 Å². The Kier molecular flexibility index (Phi) is 4.87. The molecule has 0 aliphatic heterocycles. The number of hydrogen-bond donors (Lipinski definition) is 0. The van der Waals surface area contributed by atoms with Crippen molar-refractivity contribution in [3.05, 3.63) is 60.7 Å². The summed E-state index contributed by atoms with van der Waals surface area (Å²) in [5, 5.41) is 0. The first-order valence-corrected chi connectivity index (χ1v) is 8.89. The minimum absolute atomic E-state index is 0.314. The number of rotatable bonds is 4. The monoisotopic (exact) mass is 364 g/mol. The molecule has 27 heavy (non-hydrogen) atoms. The lowest BCUT2D eigenvalue weighted by atomic mass is 9.93. The number of carbonyl (C=O) groups excluding carboxylic acids is 1. The molecule has 5 heteroatoms. The number of carbonyl (C=O) groups is 1. The highest BCUT2D eigenvalue weighted by Crippen LogP contribution is 2.37. The van der Waals surface area contributed by atoms with Crippen molar-refractivity contribution in [2.45, 2.75) is 45.6 Å². The molecule has 0 fully saturated rings. The average molecular weight is 364 g/mol. The highest BCUT2D eigenvalue weighted by molar-refractivity contribution is 5.83. The maximum Gasteiger partial charge on any atom is 0.321 e. The van der Waals surface area contributed by atoms with Gasteiger partial charge in [-0.25, -0.2) is 4.98 Å². The van der Waals surface area contributed by atoms with Crippen molar-refractivity contribution in [1.82, 2.24) is 9.97 Å². The molecule has 2 aromatic heterocycles. The Bertz CT molecular complexity index is 866. The quantitative estimate of drug-likeness (QED) is 0.608. The van der Waals surface area contributed by atoms with Gasteiger partial charge in [0.15, 0.2) is 5.76 Å². The molecule has 0 amide bonds. The zero-order valence-electron chi connectivity index (χ0n) is 16.3. The Balaban J connectivity index is 2.10. The van der Waals surface area contributed by atoms with Crippen molar-refractivity contribution < 1.29 is 13.9 Å². The van der Waals surface area contributed by atoms with Gasteiger partial charge >= 0.3 is 5.97 Å². The number of benzene rings is 1. The van der Waals surface area contributed by atoms with Crippen LogP contribution < -0.4 is 0 Å². The van der Waals surface area contributed by atoms with Crippen molar-refractivity contribution in [2.75, 3.05) is 0 Å². The van der Waals surface area contributed by atoms with Crippen LogP contribution in [0.25, 0.3) is 22.6 Å². The van der Waals surface area contributed by atoms with Crippen molar-refractivity contribution in [3.63, 3.8) is 0 Å². The fraction of sp³-hybridized carbons (Fsp3) is 0.318. The van der Waals surface area contributed by atoms with Crippen LogP contribution in [0.2, 0.25) is 0 Å². The number of aromatic nitrogens is 2. The first kappa shape index (κ1) is 18.8. The molecule has 1 aromatic carbocycles. The molecule has 0 atom stereocenters. The molecular weight excluding hydrogens is 340 g/mol. The van der Waals surface area contributed by atoms with Gasteiger partial charge < -0.3 is 9.15 Å². The summed E-state index contributed by atoms with van der Waals surface area (Å²) in [6, 6.07) is 13.5. The van der Waals surface area contributed by atoms with Gasteiger partial charge in [0.1, 0.15) is 16.7 Å². The van der Waals surface area contributed by atoms with E-state index >= 15 is 0 Å². The van der Waals surface area contributed by atoms with Crippen molar-refractivity contribution in [1.29, 1.82) is 0 Å². The Morgan fingerprint density at radius 1 is 0.963 bits per heavy atom. The van der Waals surface area contributed by atoms with Crippen LogP contribution in [0.15, 0.2) is 59.3 Å². The van der Waals surface area contributed by atoms with E-state index in [1.54, 1.807) is 26.2 Å². The Morgan fingerprint density at radius 2 is 1.63 bits per heavy atom. The fourth-order valence-electron chi connectivity index (χ4n) is 2.56. The summed E-state index contributed by atoms with van der Waals surface area (Å²) >= 11 is 0. The van der Waals surface area contributed by atoms with Crippen LogP contribution in [-0.2, 0) is 14.9 Å². The third-order valence-electron chi connectivity index (χ3n) is 4.04. The molecule has 0 spiro atoms. The second kappa shape index (κ2) is 6.99. The first-order valence-electron chi connectivity index (χ1n) is 8.89. The predicted molar refractivity (Wildman–Crippen MR) is 104 cm³/mol. The topological polar surface area (TPSA) is 65.2 Å². The Morgan fingerprint density at radius 3 is 2.22 bits per heavy atom. The van der Waals surface area contributed by atoms with E-state index in [0.717, 1.165) is 11.1 Å². The fourth-order valence-corrected chi connectivity index (χ4v) is 2.56. The number of nitrogens with zero attached hydrogens (tertiary/aromatic N) is 2. The summed E-state index contributed by atoms with van der Waals surface area (Å²) < 4.78 is 11.7. The van der Waals surface area contributed by atoms with E-state index < -0.39 is 11.0 Å². The van der Waals surface area contributed by atoms with Gasteiger partial charge in [0.25, 0.3) is 0 Å². The van der Waals surface area contributed by atoms with Crippen LogP contribution in [0.1, 0.15) is 40.5 Å². The van der Waals surface area contributed by atoms with Gasteiger partial charge in [-0.15, -0.1) is 0 Å². The number of hydrogen-bond acceptors (Lipinski definition) is 5. The van der Waals surface area contributed by atoms with Gasteiger partial charge in [-0.1, -0.05) is 30.3 Å². The van der Waals surface area contributed by atoms with Crippen LogP contribution in [0, 0.1) is 0 Å². The van der Waals surface area contributed by atoms with Gasteiger partial charge in [-0.3, -0.25) is 9.78 Å². The van der Waals surface area contributed by atoms with E-state index in [1.807, 2.05) is 63.2 Å². The zero-order chi connectivity index (χ0) is 19.7. The van der Waals surface area contributed by atoms with Crippen LogP contribution in [0.3, 0.4) is 0 Å². The summed E-state index contributed by atoms with van der Waals surface area (Å²) in [6.07, 6.45) is 3.42. The molecule has 3 rings (SSSR count). The molecule has 5 nitrogen and oxygen atoms in total. The number of oxazole rings is 1. The lowest BCUT2D eigenvalue weighted by Gasteiger charge is -2.26. The second-order valence-corrected chi connectivity index (χ2v) is 7.93. The normalized spacial score (nSPS) is 12.0. The van der Waals surface area contributed by atoms with E-state index in [2.05, 4.69) is 9.97 Å². The van der Waals surface area contributed by atoms with Crippen molar-refractivity contribution >= 4 is 5.97 Å². The SMILES string of the molecule is CC(C)(C)OC(=O)C(C)(C)c1nc(-c2ccccc2)c(-c2cccnc2)o1. The van der Waals surface area contributed by atoms with E-state index in [0.29, 0.717) is 17.3 Å². The highest BCUT2D eigenvalue weighted by Gasteiger charge is 2.40. The number of pyridine rings is 1. The van der Waals surface area contributed by atoms with Gasteiger partial charge in [0.05, 0.1) is 0 Å². The third-order valence-corrected chi connectivity index (χ3v) is 4.04. The molecule has 0 aliphatic rings. The molecule has 0 aliphatic carbocycles. The zero-order valence-corrected chi connectivity index (χ0v) is 16.3. The maximum atomic E-state index is 12.7. The van der Waals surface area contributed by atoms with Crippen LogP contribution >= 0.6 is 0 Å². The standard InChI is InChI=1S/C22H24N2O3/c1-21(2,3)27-20(25)22(4,5)19-24-17(15-10-7-6-8-11-15)18(26-19)16-12-9-13-23-14-16/h6-14H,1-5H3. The van der Waals surface area contributed by atoms with Gasteiger partial charge in [0.2, 0.25) is 5.89 Å². The highest BCUT2D eigenvalue weighted by atomic mass is 16.6. The summed E-state index contributed by atoms with van der Waals surface area (Å²) in [6.45, 7) is 9.04. The second-order valence-electron chi connectivity index (χ2n) is 7.93. The minimum Gasteiger partial charge on any atom is -0.459 e. The molecule has 0 bridgehead atoms. The maximum absolute atomic E-state index is 12.7. The molecule has 0 saturated heterocycles. The molecule has 0 saturated carbocycles. The Labute approximate surface area is 159 Å². The van der Waals surface area contributed by atoms with Crippen molar-refractivity contribution in [3.8, 4) is 22.6 Å². The average Bonchev–Trinajstić information content (AvgIpc) is 3.08. The summed E-state index contributed by atoms with van der Waals surface area (Å²) in [7, 11) is 0. The molecule has 0 N–H and O–H groups in total. The van der Waals surface area contributed by atoms with E-state index in [4.69, 9.17) is 9.15 Å². The van der Waals surface area contributed by atoms with Crippen LogP contribution in [-0.4, -0.2) is 21.5 Å². The molecular formula is C22H24N2O3. The third kappa shape index (κ3) is 4.08. The van der Waals surface area contributed by atoms with Gasteiger partial charge in [0, 0.05) is 23.5 Å². The van der Waals surface area contributed by atoms with E-state index in [-0.39, 0.29) is 5.97 Å². The van der Waals surface area contributed by atoms with Crippen molar-refractivity contribution in [2.24, 2.45) is 0 Å². The molecule has 2 heterocycles. The Hall–Kier alpha value is -2.95. The van der Waals surface area contributed by atoms with E-state index in [1.165, 1.54) is 0 Å². The smallest absolute Gasteiger partial charge is 0.321 e. The van der Waals surface area contributed by atoms with Crippen LogP contribution in [0.4, 0.5) is 0 Å². The van der Waals surface area contributed by atoms with Crippen LogP contribution in [0.5, 0.6) is 0 Å². The lowest BCUT2D eigenvalue weighted by molar-refractivity contribution is -0.161. The molecule has 0 unspecified atom stereocenters. The van der Waals surface area contributed by atoms with E-state index in [9.17, 15) is 4.79 Å². The number of esters is 1. The predicted octanol–water partition coefficient (Wildman–Crippen LogP) is 5.02. The summed E-state index contributed by atoms with van der Waals surface area (Å²) in [5.41, 5.74) is 0.767. The molecule has 140 valence electrons. The summed E-state index contributed by atoms with van der Waals surface area (Å²) in [5.74, 6) is 0.518. The first-order chi connectivity index (χ1) is 12.7. The number of ether oxygens (including phenoxy) is 1. The largest absolute Gasteiger partial charge is 0.459 e. The lowest BCUT2D eigenvalue weighted by Crippen LogP contribution is -2.37. The van der Waals surface area contributed by atoms with Gasteiger partial charge in [-0.05, 0) is 46.8 Å². The molecule has 0 radical (unpaired) electrons.